The molecule has 1 aliphatic rings. The van der Waals surface area contributed by atoms with Crippen molar-refractivity contribution in [3.63, 3.8) is 0 Å². The number of benzene rings is 3. The Labute approximate surface area is 145 Å². The fraction of sp³-hybridized carbons (Fsp3) is 0.0909. The molecule has 3 aromatic carbocycles. The number of hydrogen-bond donors (Lipinski definition) is 0. The normalized spacial score (nSPS) is 19.5. The largest absolute Gasteiger partial charge is 0.338 e. The van der Waals surface area contributed by atoms with Crippen LogP contribution in [0.1, 0.15) is 22.4 Å². The molecule has 24 heavy (non-hydrogen) atoms. The Morgan fingerprint density at radius 2 is 1.38 bits per heavy atom. The molecule has 4 aromatic rings. The fourth-order valence-electron chi connectivity index (χ4n) is 3.74. The number of hydrogen-bond acceptors (Lipinski definition) is 1. The van der Waals surface area contributed by atoms with Crippen molar-refractivity contribution in [3.05, 3.63) is 102 Å². The molecule has 0 saturated carbocycles. The van der Waals surface area contributed by atoms with Gasteiger partial charge in [0.15, 0.2) is 0 Å². The average molecular weight is 327 g/mol. The minimum absolute atomic E-state index is 0.311. The van der Waals surface area contributed by atoms with E-state index in [1.54, 1.807) is 0 Å². The van der Waals surface area contributed by atoms with Gasteiger partial charge in [0.25, 0.3) is 0 Å². The number of thioether (sulfide) groups is 1. The van der Waals surface area contributed by atoms with E-state index < -0.39 is 0 Å². The van der Waals surface area contributed by atoms with E-state index in [1.165, 1.54) is 26.9 Å². The highest BCUT2D eigenvalue weighted by atomic mass is 32.2. The zero-order chi connectivity index (χ0) is 15.9. The minimum atomic E-state index is 0.311. The van der Waals surface area contributed by atoms with Gasteiger partial charge in [-0.05, 0) is 23.3 Å². The van der Waals surface area contributed by atoms with E-state index in [9.17, 15) is 0 Å². The van der Waals surface area contributed by atoms with Crippen molar-refractivity contribution in [2.24, 2.45) is 0 Å². The van der Waals surface area contributed by atoms with E-state index in [2.05, 4.69) is 95.7 Å². The SMILES string of the molecule is c1ccc(C2Sc3cccc4ccn(c34)C2c2ccccc2)cc1. The van der Waals surface area contributed by atoms with Crippen molar-refractivity contribution >= 4 is 22.7 Å². The molecule has 2 unspecified atom stereocenters. The molecule has 0 fully saturated rings. The molecule has 0 aliphatic carbocycles. The van der Waals surface area contributed by atoms with Crippen molar-refractivity contribution in [1.82, 2.24) is 4.57 Å². The summed E-state index contributed by atoms with van der Waals surface area (Å²) in [6.45, 7) is 0. The molecule has 1 aromatic heterocycles. The van der Waals surface area contributed by atoms with E-state index in [4.69, 9.17) is 0 Å². The highest BCUT2D eigenvalue weighted by molar-refractivity contribution is 7.99. The van der Waals surface area contributed by atoms with Crippen molar-refractivity contribution in [2.75, 3.05) is 0 Å². The molecule has 0 bridgehead atoms. The van der Waals surface area contributed by atoms with Crippen LogP contribution in [0.3, 0.4) is 0 Å². The maximum atomic E-state index is 2.47. The Balaban J connectivity index is 1.76. The lowest BCUT2D eigenvalue weighted by atomic mass is 9.97. The van der Waals surface area contributed by atoms with Gasteiger partial charge in [-0.25, -0.2) is 0 Å². The third kappa shape index (κ3) is 2.10. The second kappa shape index (κ2) is 5.57. The predicted octanol–water partition coefficient (Wildman–Crippen LogP) is 6.08. The smallest absolute Gasteiger partial charge is 0.0749 e. The summed E-state index contributed by atoms with van der Waals surface area (Å²) in [6, 6.07) is 30.9. The second-order valence-corrected chi connectivity index (χ2v) is 7.41. The molecule has 1 nitrogen and oxygen atoms in total. The molecule has 0 saturated heterocycles. The van der Waals surface area contributed by atoms with Crippen LogP contribution in [0.2, 0.25) is 0 Å². The van der Waals surface area contributed by atoms with Crippen LogP contribution in [-0.4, -0.2) is 4.57 Å². The first-order valence-electron chi connectivity index (χ1n) is 8.28. The van der Waals surface area contributed by atoms with E-state index in [0.717, 1.165) is 0 Å². The molecular weight excluding hydrogens is 310 g/mol. The van der Waals surface area contributed by atoms with Crippen LogP contribution in [0.25, 0.3) is 10.9 Å². The van der Waals surface area contributed by atoms with E-state index >= 15 is 0 Å². The summed E-state index contributed by atoms with van der Waals surface area (Å²) in [4.78, 5) is 1.37. The van der Waals surface area contributed by atoms with Gasteiger partial charge in [-0.2, -0.15) is 0 Å². The highest BCUT2D eigenvalue weighted by Gasteiger charge is 2.32. The van der Waals surface area contributed by atoms with E-state index in [1.807, 2.05) is 11.8 Å². The minimum Gasteiger partial charge on any atom is -0.338 e. The maximum Gasteiger partial charge on any atom is 0.0749 e. The van der Waals surface area contributed by atoms with Crippen LogP contribution in [-0.2, 0) is 0 Å². The number of para-hydroxylation sites is 1. The first-order chi connectivity index (χ1) is 11.9. The maximum absolute atomic E-state index is 2.47. The van der Waals surface area contributed by atoms with Gasteiger partial charge >= 0.3 is 0 Å². The topological polar surface area (TPSA) is 4.93 Å². The third-order valence-corrected chi connectivity index (χ3v) is 6.18. The monoisotopic (exact) mass is 327 g/mol. The first-order valence-corrected chi connectivity index (χ1v) is 9.16. The second-order valence-electron chi connectivity index (χ2n) is 6.22. The van der Waals surface area contributed by atoms with Crippen molar-refractivity contribution in [3.8, 4) is 0 Å². The van der Waals surface area contributed by atoms with E-state index in [-0.39, 0.29) is 0 Å². The molecule has 0 amide bonds. The zero-order valence-corrected chi connectivity index (χ0v) is 14.0. The van der Waals surface area contributed by atoms with Crippen LogP contribution in [0.5, 0.6) is 0 Å². The van der Waals surface area contributed by atoms with Crippen molar-refractivity contribution in [2.45, 2.75) is 16.2 Å². The molecule has 2 atom stereocenters. The van der Waals surface area contributed by atoms with Crippen LogP contribution >= 0.6 is 11.8 Å². The highest BCUT2D eigenvalue weighted by Crippen LogP contribution is 2.52. The molecule has 0 spiro atoms. The van der Waals surface area contributed by atoms with Gasteiger partial charge in [0.1, 0.15) is 0 Å². The van der Waals surface area contributed by atoms with Gasteiger partial charge in [-0.1, -0.05) is 72.8 Å². The number of nitrogens with zero attached hydrogens (tertiary/aromatic N) is 1. The average Bonchev–Trinajstić information content (AvgIpc) is 3.09. The lowest BCUT2D eigenvalue weighted by Gasteiger charge is -2.34. The quantitative estimate of drug-likeness (QED) is 0.432. The fourth-order valence-corrected chi connectivity index (χ4v) is 5.21. The van der Waals surface area contributed by atoms with Gasteiger partial charge in [-0.3, -0.25) is 0 Å². The van der Waals surface area contributed by atoms with Gasteiger partial charge in [0.05, 0.1) is 16.8 Å². The molecule has 0 N–H and O–H groups in total. The summed E-state index contributed by atoms with van der Waals surface area (Å²) < 4.78 is 2.47. The molecule has 5 rings (SSSR count). The molecule has 2 heteroatoms. The Bertz CT molecular complexity index is 988. The Hall–Kier alpha value is -2.45. The molecule has 116 valence electrons. The summed E-state index contributed by atoms with van der Waals surface area (Å²) in [5.74, 6) is 0. The molecular formula is C22H17NS. The Morgan fingerprint density at radius 1 is 0.667 bits per heavy atom. The summed E-state index contributed by atoms with van der Waals surface area (Å²) in [5, 5.41) is 1.70. The summed E-state index contributed by atoms with van der Waals surface area (Å²) in [5.41, 5.74) is 4.11. The van der Waals surface area contributed by atoms with Gasteiger partial charge in [-0.15, -0.1) is 11.8 Å². The van der Waals surface area contributed by atoms with Gasteiger partial charge < -0.3 is 4.57 Å². The molecule has 0 radical (unpaired) electrons. The van der Waals surface area contributed by atoms with Crippen LogP contribution < -0.4 is 0 Å². The van der Waals surface area contributed by atoms with Crippen molar-refractivity contribution in [1.29, 1.82) is 0 Å². The van der Waals surface area contributed by atoms with Crippen molar-refractivity contribution < 1.29 is 0 Å². The number of aromatic nitrogens is 1. The first kappa shape index (κ1) is 13.9. The lowest BCUT2D eigenvalue weighted by molar-refractivity contribution is 0.580. The summed E-state index contributed by atoms with van der Waals surface area (Å²) >= 11 is 1.99. The standard InChI is InChI=1S/C22H17NS/c1-3-8-16(9-4-1)21-22(18-10-5-2-6-11-18)24-19-13-7-12-17-14-15-23(21)20(17)19/h1-15,21-22H. The summed E-state index contributed by atoms with van der Waals surface area (Å²) in [7, 11) is 0. The number of rotatable bonds is 2. The van der Waals surface area contributed by atoms with E-state index in [0.29, 0.717) is 11.3 Å². The Kier molecular flexibility index (Phi) is 3.24. The van der Waals surface area contributed by atoms with Gasteiger partial charge in [0, 0.05) is 16.5 Å². The molecule has 1 aliphatic heterocycles. The molecule has 2 heterocycles. The Morgan fingerprint density at radius 3 is 2.12 bits per heavy atom. The van der Waals surface area contributed by atoms with Crippen LogP contribution in [0, 0.1) is 0 Å². The third-order valence-electron chi connectivity index (χ3n) is 4.81. The summed E-state index contributed by atoms with van der Waals surface area (Å²) in [6.07, 6.45) is 2.25. The predicted molar refractivity (Wildman–Crippen MR) is 102 cm³/mol. The van der Waals surface area contributed by atoms with Crippen LogP contribution in [0.4, 0.5) is 0 Å². The van der Waals surface area contributed by atoms with Gasteiger partial charge in [0.2, 0.25) is 0 Å². The lowest BCUT2D eigenvalue weighted by Crippen LogP contribution is -2.20. The zero-order valence-electron chi connectivity index (χ0n) is 13.2. The van der Waals surface area contributed by atoms with Crippen LogP contribution in [0.15, 0.2) is 96.0 Å².